The minimum atomic E-state index is -0.369. The summed E-state index contributed by atoms with van der Waals surface area (Å²) in [4.78, 5) is 22.5. The summed E-state index contributed by atoms with van der Waals surface area (Å²) in [6.45, 7) is 4.38. The third-order valence-electron chi connectivity index (χ3n) is 6.89. The zero-order chi connectivity index (χ0) is 24.7. The monoisotopic (exact) mass is 471 g/mol. The Labute approximate surface area is 204 Å². The van der Waals surface area contributed by atoms with E-state index in [1.165, 1.54) is 4.90 Å². The molecule has 0 aliphatic heterocycles. The van der Waals surface area contributed by atoms with Crippen molar-refractivity contribution in [1.82, 2.24) is 29.8 Å². The molecule has 5 rings (SSSR count). The summed E-state index contributed by atoms with van der Waals surface area (Å²) in [7, 11) is 3.44. The van der Waals surface area contributed by atoms with Gasteiger partial charge in [-0.25, -0.2) is 4.98 Å². The van der Waals surface area contributed by atoms with Crippen LogP contribution in [-0.2, 0) is 16.8 Å². The molecule has 3 aromatic heterocycles. The van der Waals surface area contributed by atoms with Gasteiger partial charge >= 0.3 is 0 Å². The highest BCUT2D eigenvalue weighted by atomic mass is 16.5. The van der Waals surface area contributed by atoms with Crippen LogP contribution in [0.5, 0.6) is 0 Å². The fraction of sp³-hybridized carbons (Fsp3) is 0.346. The largest absolute Gasteiger partial charge is 0.384 e. The first-order valence-electron chi connectivity index (χ1n) is 11.7. The highest BCUT2D eigenvalue weighted by Gasteiger charge is 2.47. The van der Waals surface area contributed by atoms with Crippen LogP contribution >= 0.6 is 0 Å². The molecule has 1 aromatic carbocycles. The molecule has 0 bridgehead atoms. The number of aryl methyl sites for hydroxylation is 1. The summed E-state index contributed by atoms with van der Waals surface area (Å²) < 4.78 is 7.23. The Hall–Kier alpha value is -4.01. The van der Waals surface area contributed by atoms with Crippen LogP contribution in [0.2, 0.25) is 0 Å². The topological polar surface area (TPSA) is 116 Å². The van der Waals surface area contributed by atoms with Gasteiger partial charge in [-0.1, -0.05) is 29.4 Å². The van der Waals surface area contributed by atoms with E-state index in [1.54, 1.807) is 31.2 Å². The average molecular weight is 472 g/mol. The second kappa shape index (κ2) is 8.65. The van der Waals surface area contributed by atoms with E-state index in [9.17, 15) is 4.79 Å². The Morgan fingerprint density at radius 1 is 1.20 bits per heavy atom. The standard InChI is InChI=1S/C26H29N7O2/c1-16-11-22(27)28-13-21(16)17-5-7-19(8-6-17)26(2,20-9-10-20)25-30-24(35-31-25)18-12-29-33(14-18)15-23(34)32(3)4/h5-8,11-14,20H,9-10,15H2,1-4H3,(H2,27,28). The number of likely N-dealkylation sites (N-methyl/N-ethyl adjacent to an activating group) is 1. The Morgan fingerprint density at radius 2 is 1.94 bits per heavy atom. The van der Waals surface area contributed by atoms with Crippen LogP contribution in [0.15, 0.2) is 53.4 Å². The quantitative estimate of drug-likeness (QED) is 0.437. The van der Waals surface area contributed by atoms with E-state index in [4.69, 9.17) is 15.2 Å². The van der Waals surface area contributed by atoms with E-state index in [1.807, 2.05) is 19.2 Å². The summed E-state index contributed by atoms with van der Waals surface area (Å²) in [6.07, 6.45) is 7.45. The number of nitrogen functional groups attached to an aromatic ring is 1. The van der Waals surface area contributed by atoms with Gasteiger partial charge in [0, 0.05) is 32.1 Å². The van der Waals surface area contributed by atoms with Crippen molar-refractivity contribution in [2.75, 3.05) is 19.8 Å². The molecular weight excluding hydrogens is 442 g/mol. The summed E-state index contributed by atoms with van der Waals surface area (Å²) in [5.74, 6) is 1.98. The number of carbonyl (C=O) groups excluding carboxylic acids is 1. The van der Waals surface area contributed by atoms with Gasteiger partial charge in [-0.05, 0) is 55.4 Å². The number of rotatable bonds is 7. The van der Waals surface area contributed by atoms with Crippen molar-refractivity contribution < 1.29 is 9.32 Å². The third kappa shape index (κ3) is 4.29. The number of hydrogen-bond acceptors (Lipinski definition) is 7. The molecule has 0 spiro atoms. The lowest BCUT2D eigenvalue weighted by Crippen LogP contribution is -2.28. The number of nitrogens with two attached hydrogens (primary N) is 1. The normalized spacial score (nSPS) is 15.1. The first-order valence-corrected chi connectivity index (χ1v) is 11.7. The van der Waals surface area contributed by atoms with Crippen LogP contribution < -0.4 is 5.73 Å². The number of amides is 1. The van der Waals surface area contributed by atoms with E-state index < -0.39 is 0 Å². The van der Waals surface area contributed by atoms with Crippen molar-refractivity contribution >= 4 is 11.7 Å². The minimum absolute atomic E-state index is 0.0411. The number of nitrogens with zero attached hydrogens (tertiary/aromatic N) is 6. The van der Waals surface area contributed by atoms with Crippen molar-refractivity contribution in [2.45, 2.75) is 38.6 Å². The van der Waals surface area contributed by atoms with Gasteiger partial charge in [-0.15, -0.1) is 0 Å². The van der Waals surface area contributed by atoms with E-state index in [2.05, 4.69) is 46.4 Å². The molecule has 0 radical (unpaired) electrons. The maximum absolute atomic E-state index is 12.0. The molecule has 1 aliphatic carbocycles. The molecule has 180 valence electrons. The van der Waals surface area contributed by atoms with Gasteiger partial charge in [0.2, 0.25) is 5.91 Å². The molecule has 2 N–H and O–H groups in total. The lowest BCUT2D eigenvalue weighted by Gasteiger charge is -2.27. The van der Waals surface area contributed by atoms with Crippen LogP contribution in [0.4, 0.5) is 5.82 Å². The maximum atomic E-state index is 12.0. The SMILES string of the molecule is Cc1cc(N)ncc1-c1ccc(C(C)(c2noc(-c3cnn(CC(=O)N(C)C)c3)n2)C2CC2)cc1. The van der Waals surface area contributed by atoms with Crippen molar-refractivity contribution in [1.29, 1.82) is 0 Å². The van der Waals surface area contributed by atoms with Gasteiger partial charge in [0.15, 0.2) is 5.82 Å². The minimum Gasteiger partial charge on any atom is -0.384 e. The summed E-state index contributed by atoms with van der Waals surface area (Å²) in [6, 6.07) is 10.4. The van der Waals surface area contributed by atoms with Crippen LogP contribution in [0, 0.1) is 12.8 Å². The van der Waals surface area contributed by atoms with Crippen LogP contribution in [0.25, 0.3) is 22.6 Å². The zero-order valence-electron chi connectivity index (χ0n) is 20.4. The van der Waals surface area contributed by atoms with Crippen molar-refractivity contribution in [3.05, 3.63) is 65.9 Å². The number of aromatic nitrogens is 5. The first-order chi connectivity index (χ1) is 16.8. The predicted octanol–water partition coefficient (Wildman–Crippen LogP) is 3.69. The molecule has 4 aromatic rings. The summed E-state index contributed by atoms with van der Waals surface area (Å²) in [5, 5.41) is 8.65. The van der Waals surface area contributed by atoms with Crippen LogP contribution in [0.1, 0.15) is 36.7 Å². The number of carbonyl (C=O) groups is 1. The number of benzene rings is 1. The number of hydrogen-bond donors (Lipinski definition) is 1. The first kappa shape index (κ1) is 22.8. The molecule has 3 heterocycles. The summed E-state index contributed by atoms with van der Waals surface area (Å²) >= 11 is 0. The Morgan fingerprint density at radius 3 is 2.60 bits per heavy atom. The lowest BCUT2D eigenvalue weighted by atomic mass is 9.76. The molecule has 1 aliphatic rings. The molecule has 0 saturated heterocycles. The van der Waals surface area contributed by atoms with Gasteiger partial charge in [0.05, 0.1) is 17.2 Å². The molecule has 1 atom stereocenters. The average Bonchev–Trinajstić information content (AvgIpc) is 3.39. The van der Waals surface area contributed by atoms with Gasteiger partial charge in [0.1, 0.15) is 12.4 Å². The lowest BCUT2D eigenvalue weighted by molar-refractivity contribution is -0.129. The van der Waals surface area contributed by atoms with Crippen LogP contribution in [-0.4, -0.2) is 49.8 Å². The van der Waals surface area contributed by atoms with E-state index >= 15 is 0 Å². The highest BCUT2D eigenvalue weighted by Crippen LogP contribution is 2.50. The fourth-order valence-electron chi connectivity index (χ4n) is 4.48. The zero-order valence-corrected chi connectivity index (χ0v) is 20.4. The Bertz CT molecular complexity index is 1370. The Balaban J connectivity index is 1.42. The molecule has 1 saturated carbocycles. The molecule has 9 heteroatoms. The van der Waals surface area contributed by atoms with Gasteiger partial charge < -0.3 is 15.2 Å². The summed E-state index contributed by atoms with van der Waals surface area (Å²) in [5.41, 5.74) is 10.5. The molecule has 9 nitrogen and oxygen atoms in total. The van der Waals surface area contributed by atoms with Crippen molar-refractivity contribution in [3.63, 3.8) is 0 Å². The van der Waals surface area contributed by atoms with Crippen molar-refractivity contribution in [2.24, 2.45) is 5.92 Å². The van der Waals surface area contributed by atoms with Gasteiger partial charge in [-0.2, -0.15) is 10.1 Å². The molecule has 35 heavy (non-hydrogen) atoms. The molecular formula is C26H29N7O2. The Kier molecular flexibility index (Phi) is 5.62. The smallest absolute Gasteiger partial charge is 0.261 e. The fourth-order valence-corrected chi connectivity index (χ4v) is 4.48. The van der Waals surface area contributed by atoms with Gasteiger partial charge in [-0.3, -0.25) is 9.48 Å². The van der Waals surface area contributed by atoms with E-state index in [0.29, 0.717) is 29.0 Å². The van der Waals surface area contributed by atoms with E-state index in [-0.39, 0.29) is 17.9 Å². The predicted molar refractivity (Wildman–Crippen MR) is 132 cm³/mol. The number of pyridine rings is 1. The van der Waals surface area contributed by atoms with E-state index in [0.717, 1.165) is 35.1 Å². The van der Waals surface area contributed by atoms with Crippen LogP contribution in [0.3, 0.4) is 0 Å². The second-order valence-corrected chi connectivity index (χ2v) is 9.62. The number of anilines is 1. The third-order valence-corrected chi connectivity index (χ3v) is 6.89. The molecule has 1 unspecified atom stereocenters. The molecule has 1 amide bonds. The second-order valence-electron chi connectivity index (χ2n) is 9.62. The van der Waals surface area contributed by atoms with Crippen molar-refractivity contribution in [3.8, 4) is 22.6 Å². The van der Waals surface area contributed by atoms with Gasteiger partial charge in [0.25, 0.3) is 5.89 Å². The molecule has 1 fully saturated rings. The highest BCUT2D eigenvalue weighted by molar-refractivity contribution is 5.75. The maximum Gasteiger partial charge on any atom is 0.261 e.